The highest BCUT2D eigenvalue weighted by Gasteiger charge is 2.28. The lowest BCUT2D eigenvalue weighted by atomic mass is 10.5. The van der Waals surface area contributed by atoms with Gasteiger partial charge >= 0.3 is 7.60 Å². The standard InChI is InChI=1S/C14H23N4O4PS/c1-10(2)21-23(19,22-11(3)4)9-20-6-5-18-8-17-12-13(18)15-7-16-14(12)24/h7-8,10-11H,5-6,9H2,1-4H3,(H,15,16,24). The molecule has 0 aliphatic heterocycles. The Hall–Kier alpha value is -1.12. The van der Waals surface area contributed by atoms with Crippen LogP contribution in [-0.4, -0.2) is 44.7 Å². The van der Waals surface area contributed by atoms with E-state index in [-0.39, 0.29) is 18.6 Å². The Morgan fingerprint density at radius 1 is 1.25 bits per heavy atom. The molecule has 0 bridgehead atoms. The molecule has 0 saturated carbocycles. The second-order valence-electron chi connectivity index (χ2n) is 5.80. The second-order valence-corrected chi connectivity index (χ2v) is 8.09. The average molecular weight is 374 g/mol. The summed E-state index contributed by atoms with van der Waals surface area (Å²) in [7, 11) is -3.28. The van der Waals surface area contributed by atoms with Crippen molar-refractivity contribution in [2.24, 2.45) is 0 Å². The first-order valence-corrected chi connectivity index (χ1v) is 9.86. The Bertz CT molecular complexity index is 759. The fraction of sp³-hybridized carbons (Fsp3) is 0.643. The van der Waals surface area contributed by atoms with Crippen molar-refractivity contribution in [1.29, 1.82) is 0 Å². The maximum atomic E-state index is 12.6. The lowest BCUT2D eigenvalue weighted by molar-refractivity contribution is 0.0961. The van der Waals surface area contributed by atoms with Crippen molar-refractivity contribution in [3.05, 3.63) is 17.3 Å². The summed E-state index contributed by atoms with van der Waals surface area (Å²) in [6.07, 6.45) is 2.70. The Kier molecular flexibility index (Phi) is 6.65. The molecule has 0 saturated heterocycles. The molecule has 134 valence electrons. The van der Waals surface area contributed by atoms with Crippen LogP contribution in [0.1, 0.15) is 27.7 Å². The van der Waals surface area contributed by atoms with Crippen LogP contribution in [0.5, 0.6) is 0 Å². The number of rotatable bonds is 9. The minimum atomic E-state index is -3.28. The zero-order valence-corrected chi connectivity index (χ0v) is 16.0. The van der Waals surface area contributed by atoms with Gasteiger partial charge in [-0.1, -0.05) is 12.2 Å². The Morgan fingerprint density at radius 3 is 2.54 bits per heavy atom. The molecule has 2 heterocycles. The minimum Gasteiger partial charge on any atom is -0.367 e. The maximum Gasteiger partial charge on any atom is 0.356 e. The molecule has 0 atom stereocenters. The van der Waals surface area contributed by atoms with Crippen LogP contribution in [-0.2, 0) is 24.9 Å². The van der Waals surface area contributed by atoms with Gasteiger partial charge in [0.15, 0.2) is 4.64 Å². The SMILES string of the molecule is CC(C)OP(=O)(COCCn1cnc2c(=S)nc[nH]c21)OC(C)C. The van der Waals surface area contributed by atoms with E-state index in [1.165, 1.54) is 6.33 Å². The first-order chi connectivity index (χ1) is 11.3. The fourth-order valence-corrected chi connectivity index (χ4v) is 4.15. The lowest BCUT2D eigenvalue weighted by Gasteiger charge is -2.22. The molecular weight excluding hydrogens is 351 g/mol. The highest BCUT2D eigenvalue weighted by molar-refractivity contribution is 7.71. The molecular formula is C14H23N4O4PS. The average Bonchev–Trinajstić information content (AvgIpc) is 2.86. The van der Waals surface area contributed by atoms with Gasteiger partial charge in [-0.05, 0) is 27.7 Å². The molecule has 24 heavy (non-hydrogen) atoms. The van der Waals surface area contributed by atoms with Crippen LogP contribution >= 0.6 is 19.8 Å². The van der Waals surface area contributed by atoms with Gasteiger partial charge in [-0.3, -0.25) is 4.57 Å². The molecule has 0 aliphatic carbocycles. The summed E-state index contributed by atoms with van der Waals surface area (Å²) >= 11 is 5.12. The largest absolute Gasteiger partial charge is 0.367 e. The van der Waals surface area contributed by atoms with E-state index in [0.717, 1.165) is 5.65 Å². The predicted octanol–water partition coefficient (Wildman–Crippen LogP) is 3.51. The number of nitrogens with zero attached hydrogens (tertiary/aromatic N) is 3. The van der Waals surface area contributed by atoms with Crippen molar-refractivity contribution >= 4 is 31.0 Å². The normalized spacial score (nSPS) is 12.6. The molecule has 0 spiro atoms. The number of aromatic amines is 1. The molecule has 0 aromatic carbocycles. The summed E-state index contributed by atoms with van der Waals surface area (Å²) in [5, 5.41) is 0. The van der Waals surface area contributed by atoms with Crippen molar-refractivity contribution in [2.45, 2.75) is 46.4 Å². The molecule has 1 N–H and O–H groups in total. The zero-order chi connectivity index (χ0) is 17.7. The maximum absolute atomic E-state index is 12.6. The predicted molar refractivity (Wildman–Crippen MR) is 93.6 cm³/mol. The number of hydrogen-bond acceptors (Lipinski definition) is 7. The summed E-state index contributed by atoms with van der Waals surface area (Å²) in [5.74, 6) is 0. The van der Waals surface area contributed by atoms with E-state index >= 15 is 0 Å². The number of nitrogens with one attached hydrogen (secondary N) is 1. The van der Waals surface area contributed by atoms with Gasteiger partial charge in [0.05, 0.1) is 31.5 Å². The third kappa shape index (κ3) is 5.19. The summed E-state index contributed by atoms with van der Waals surface area (Å²) in [4.78, 5) is 11.2. The summed E-state index contributed by atoms with van der Waals surface area (Å²) in [5.41, 5.74) is 1.42. The Balaban J connectivity index is 1.93. The highest BCUT2D eigenvalue weighted by Crippen LogP contribution is 2.50. The van der Waals surface area contributed by atoms with Crippen LogP contribution in [0, 0.1) is 4.64 Å². The van der Waals surface area contributed by atoms with E-state index in [9.17, 15) is 4.57 Å². The molecule has 0 aliphatic rings. The highest BCUT2D eigenvalue weighted by atomic mass is 32.1. The first-order valence-electron chi connectivity index (χ1n) is 7.73. The smallest absolute Gasteiger partial charge is 0.356 e. The number of aromatic nitrogens is 4. The number of ether oxygens (including phenoxy) is 1. The second kappa shape index (κ2) is 8.31. The topological polar surface area (TPSA) is 91.3 Å². The number of hydrogen-bond donors (Lipinski definition) is 1. The van der Waals surface area contributed by atoms with E-state index in [1.54, 1.807) is 6.33 Å². The van der Waals surface area contributed by atoms with Crippen molar-refractivity contribution < 1.29 is 18.3 Å². The Morgan fingerprint density at radius 2 is 1.92 bits per heavy atom. The van der Waals surface area contributed by atoms with Crippen molar-refractivity contribution in [3.8, 4) is 0 Å². The van der Waals surface area contributed by atoms with Gasteiger partial charge < -0.3 is 23.3 Å². The van der Waals surface area contributed by atoms with Gasteiger partial charge in [0, 0.05) is 6.54 Å². The molecule has 0 radical (unpaired) electrons. The van der Waals surface area contributed by atoms with Gasteiger partial charge in [0.1, 0.15) is 17.5 Å². The van der Waals surface area contributed by atoms with E-state index in [4.69, 9.17) is 26.0 Å². The van der Waals surface area contributed by atoms with E-state index in [0.29, 0.717) is 23.3 Å². The van der Waals surface area contributed by atoms with Crippen LogP contribution in [0.2, 0.25) is 0 Å². The molecule has 0 unspecified atom stereocenters. The summed E-state index contributed by atoms with van der Waals surface area (Å²) in [6, 6.07) is 0. The number of H-pyrrole nitrogens is 1. The molecule has 0 fully saturated rings. The number of fused-ring (bicyclic) bond motifs is 1. The molecule has 2 aromatic heterocycles. The lowest BCUT2D eigenvalue weighted by Crippen LogP contribution is -2.13. The van der Waals surface area contributed by atoms with Gasteiger partial charge in [-0.15, -0.1) is 0 Å². The fourth-order valence-electron chi connectivity index (χ4n) is 2.14. The number of imidazole rings is 1. The quantitative estimate of drug-likeness (QED) is 0.408. The summed E-state index contributed by atoms with van der Waals surface area (Å²) in [6.45, 7) is 8.10. The van der Waals surface area contributed by atoms with Crippen LogP contribution in [0.15, 0.2) is 12.7 Å². The van der Waals surface area contributed by atoms with Crippen molar-refractivity contribution in [3.63, 3.8) is 0 Å². The molecule has 2 rings (SSSR count). The summed E-state index contributed by atoms with van der Waals surface area (Å²) < 4.78 is 31.4. The molecule has 10 heteroatoms. The Labute approximate surface area is 146 Å². The molecule has 0 amide bonds. The zero-order valence-electron chi connectivity index (χ0n) is 14.3. The van der Waals surface area contributed by atoms with E-state index in [1.807, 2.05) is 32.3 Å². The van der Waals surface area contributed by atoms with Gasteiger partial charge in [0.2, 0.25) is 0 Å². The van der Waals surface area contributed by atoms with Crippen LogP contribution < -0.4 is 0 Å². The first kappa shape index (κ1) is 19.2. The molecule has 8 nitrogen and oxygen atoms in total. The van der Waals surface area contributed by atoms with Crippen molar-refractivity contribution in [2.75, 3.05) is 13.0 Å². The third-order valence-corrected chi connectivity index (χ3v) is 5.18. The molecule has 2 aromatic rings. The van der Waals surface area contributed by atoms with Gasteiger partial charge in [-0.2, -0.15) is 0 Å². The van der Waals surface area contributed by atoms with E-state index < -0.39 is 7.60 Å². The van der Waals surface area contributed by atoms with Crippen LogP contribution in [0.3, 0.4) is 0 Å². The van der Waals surface area contributed by atoms with Gasteiger partial charge in [0.25, 0.3) is 0 Å². The van der Waals surface area contributed by atoms with Crippen molar-refractivity contribution in [1.82, 2.24) is 19.5 Å². The third-order valence-electron chi connectivity index (χ3n) is 2.89. The van der Waals surface area contributed by atoms with Crippen LogP contribution in [0.4, 0.5) is 0 Å². The van der Waals surface area contributed by atoms with E-state index in [2.05, 4.69) is 15.0 Å². The monoisotopic (exact) mass is 374 g/mol. The minimum absolute atomic E-state index is 0.0897. The van der Waals surface area contributed by atoms with Gasteiger partial charge in [-0.25, -0.2) is 9.97 Å². The van der Waals surface area contributed by atoms with Crippen LogP contribution in [0.25, 0.3) is 11.2 Å².